The minimum atomic E-state index is -4.03. The summed E-state index contributed by atoms with van der Waals surface area (Å²) in [5.74, 6) is -2.07. The molecule has 0 saturated heterocycles. The van der Waals surface area contributed by atoms with E-state index in [1.807, 2.05) is 30.3 Å². The van der Waals surface area contributed by atoms with Gasteiger partial charge in [0.05, 0.1) is 4.90 Å². The Hall–Kier alpha value is -2.71. The Morgan fingerprint density at radius 3 is 2.08 bits per heavy atom. The van der Waals surface area contributed by atoms with Gasteiger partial charge in [0.1, 0.15) is 6.04 Å². The molecular weight excluding hydrogens is 344 g/mol. The lowest BCUT2D eigenvalue weighted by Crippen LogP contribution is -2.41. The third-order valence-electron chi connectivity index (χ3n) is 3.55. The lowest BCUT2D eigenvalue weighted by atomic mass is 10.1. The van der Waals surface area contributed by atoms with Gasteiger partial charge in [-0.2, -0.15) is 4.72 Å². The quantitative estimate of drug-likeness (QED) is 0.653. The number of aliphatic carboxylic acids is 1. The van der Waals surface area contributed by atoms with Crippen molar-refractivity contribution in [3.63, 3.8) is 0 Å². The van der Waals surface area contributed by atoms with E-state index in [-0.39, 0.29) is 17.7 Å². The molecule has 0 fully saturated rings. The molecule has 25 heavy (non-hydrogen) atoms. The van der Waals surface area contributed by atoms with Crippen LogP contribution in [0.3, 0.4) is 0 Å². The number of nitrogens with two attached hydrogens (primary N) is 1. The van der Waals surface area contributed by atoms with Gasteiger partial charge in [-0.15, -0.1) is 0 Å². The molecule has 0 bridgehead atoms. The Bertz CT molecular complexity index is 848. The van der Waals surface area contributed by atoms with E-state index >= 15 is 0 Å². The minimum Gasteiger partial charge on any atom is -0.480 e. The van der Waals surface area contributed by atoms with Crippen molar-refractivity contribution < 1.29 is 23.1 Å². The van der Waals surface area contributed by atoms with Crippen molar-refractivity contribution in [2.75, 3.05) is 0 Å². The topological polar surface area (TPSA) is 127 Å². The molecule has 4 N–H and O–H groups in total. The fourth-order valence-electron chi connectivity index (χ4n) is 2.23. The molecule has 132 valence electrons. The first-order valence-corrected chi connectivity index (χ1v) is 8.97. The summed E-state index contributed by atoms with van der Waals surface area (Å²) in [4.78, 5) is 21.9. The normalized spacial score (nSPS) is 12.5. The average molecular weight is 362 g/mol. The molecule has 1 atom stereocenters. The van der Waals surface area contributed by atoms with Gasteiger partial charge < -0.3 is 10.8 Å². The zero-order valence-electron chi connectivity index (χ0n) is 13.3. The molecule has 0 radical (unpaired) electrons. The Kier molecular flexibility index (Phi) is 5.89. The van der Waals surface area contributed by atoms with Crippen molar-refractivity contribution in [3.8, 4) is 11.1 Å². The van der Waals surface area contributed by atoms with Crippen molar-refractivity contribution in [1.29, 1.82) is 0 Å². The Morgan fingerprint density at radius 1 is 1.00 bits per heavy atom. The molecule has 8 heteroatoms. The van der Waals surface area contributed by atoms with Crippen molar-refractivity contribution in [2.24, 2.45) is 5.73 Å². The van der Waals surface area contributed by atoms with E-state index in [9.17, 15) is 18.0 Å². The van der Waals surface area contributed by atoms with Crippen LogP contribution in [0.1, 0.15) is 12.8 Å². The highest BCUT2D eigenvalue weighted by molar-refractivity contribution is 7.89. The second kappa shape index (κ2) is 7.91. The number of sulfonamides is 1. The number of carbonyl (C=O) groups is 2. The molecule has 2 rings (SSSR count). The predicted molar refractivity (Wildman–Crippen MR) is 92.1 cm³/mol. The van der Waals surface area contributed by atoms with Gasteiger partial charge in [0.25, 0.3) is 0 Å². The van der Waals surface area contributed by atoms with Crippen molar-refractivity contribution >= 4 is 21.9 Å². The van der Waals surface area contributed by atoms with E-state index in [1.165, 1.54) is 12.1 Å². The summed E-state index contributed by atoms with van der Waals surface area (Å²) in [5.41, 5.74) is 6.75. The number of carboxylic acids is 1. The Morgan fingerprint density at radius 2 is 1.56 bits per heavy atom. The predicted octanol–water partition coefficient (Wildman–Crippen LogP) is 1.35. The fourth-order valence-corrected chi connectivity index (χ4v) is 3.46. The number of hydrogen-bond donors (Lipinski definition) is 3. The van der Waals surface area contributed by atoms with Gasteiger partial charge in [-0.1, -0.05) is 42.5 Å². The number of benzene rings is 2. The molecule has 0 heterocycles. The van der Waals surface area contributed by atoms with Gasteiger partial charge in [-0.25, -0.2) is 8.42 Å². The molecular formula is C17H18N2O5S. The molecule has 0 aliphatic carbocycles. The molecule has 1 amide bonds. The van der Waals surface area contributed by atoms with E-state index in [0.717, 1.165) is 11.1 Å². The zero-order chi connectivity index (χ0) is 18.4. The number of hydrogen-bond acceptors (Lipinski definition) is 4. The highest BCUT2D eigenvalue weighted by Gasteiger charge is 2.25. The smallest absolute Gasteiger partial charge is 0.321 e. The molecule has 2 aromatic rings. The Balaban J connectivity index is 2.18. The van der Waals surface area contributed by atoms with E-state index < -0.39 is 27.9 Å². The van der Waals surface area contributed by atoms with Crippen molar-refractivity contribution in [2.45, 2.75) is 23.8 Å². The second-order valence-electron chi connectivity index (χ2n) is 5.41. The number of primary amides is 1. The first-order chi connectivity index (χ1) is 11.8. The monoisotopic (exact) mass is 362 g/mol. The SMILES string of the molecule is NC(=O)CCC(NS(=O)(=O)c1ccc(-c2ccccc2)cc1)C(=O)O. The lowest BCUT2D eigenvalue weighted by molar-refractivity contribution is -0.139. The minimum absolute atomic E-state index is 0.0579. The molecule has 0 aliphatic heterocycles. The summed E-state index contributed by atoms with van der Waals surface area (Å²) in [6.07, 6.45) is -0.446. The third kappa shape index (κ3) is 5.13. The van der Waals surface area contributed by atoms with Gasteiger partial charge in [0.2, 0.25) is 15.9 Å². The van der Waals surface area contributed by atoms with Crippen LogP contribution in [0.15, 0.2) is 59.5 Å². The maximum Gasteiger partial charge on any atom is 0.321 e. The molecule has 0 aliphatic rings. The standard InChI is InChI=1S/C17H18N2O5S/c18-16(20)11-10-15(17(21)22)19-25(23,24)14-8-6-13(7-9-14)12-4-2-1-3-5-12/h1-9,15,19H,10-11H2,(H2,18,20)(H,21,22). The van der Waals surface area contributed by atoms with Crippen LogP contribution in [0.4, 0.5) is 0 Å². The maximum absolute atomic E-state index is 12.3. The molecule has 1 unspecified atom stereocenters. The molecule has 7 nitrogen and oxygen atoms in total. The van der Waals surface area contributed by atoms with E-state index in [0.29, 0.717) is 0 Å². The summed E-state index contributed by atoms with van der Waals surface area (Å²) in [6, 6.07) is 14.1. The van der Waals surface area contributed by atoms with Crippen LogP contribution in [0, 0.1) is 0 Å². The van der Waals surface area contributed by atoms with Gasteiger partial charge >= 0.3 is 5.97 Å². The molecule has 2 aromatic carbocycles. The largest absolute Gasteiger partial charge is 0.480 e. The molecule has 0 aromatic heterocycles. The van der Waals surface area contributed by atoms with Gasteiger partial charge in [0.15, 0.2) is 0 Å². The molecule has 0 spiro atoms. The summed E-state index contributed by atoms with van der Waals surface area (Å²) in [5, 5.41) is 9.11. The summed E-state index contributed by atoms with van der Waals surface area (Å²) >= 11 is 0. The van der Waals surface area contributed by atoms with Crippen LogP contribution >= 0.6 is 0 Å². The number of carbonyl (C=O) groups excluding carboxylic acids is 1. The number of amides is 1. The van der Waals surface area contributed by atoms with Crippen LogP contribution in [0.2, 0.25) is 0 Å². The number of rotatable bonds is 8. The highest BCUT2D eigenvalue weighted by Crippen LogP contribution is 2.21. The zero-order valence-corrected chi connectivity index (χ0v) is 14.1. The fraction of sp³-hybridized carbons (Fsp3) is 0.176. The maximum atomic E-state index is 12.3. The number of nitrogens with one attached hydrogen (secondary N) is 1. The number of carboxylic acid groups (broad SMARTS) is 1. The van der Waals surface area contributed by atoms with Gasteiger partial charge in [-0.3, -0.25) is 9.59 Å². The van der Waals surface area contributed by atoms with E-state index in [1.54, 1.807) is 12.1 Å². The summed E-state index contributed by atoms with van der Waals surface area (Å²) < 4.78 is 26.8. The Labute approximate surface area is 145 Å². The van der Waals surface area contributed by atoms with Crippen molar-refractivity contribution in [3.05, 3.63) is 54.6 Å². The highest BCUT2D eigenvalue weighted by atomic mass is 32.2. The first-order valence-electron chi connectivity index (χ1n) is 7.48. The van der Waals surface area contributed by atoms with Gasteiger partial charge in [0, 0.05) is 6.42 Å². The van der Waals surface area contributed by atoms with E-state index in [4.69, 9.17) is 10.8 Å². The van der Waals surface area contributed by atoms with Crippen LogP contribution < -0.4 is 10.5 Å². The van der Waals surface area contributed by atoms with Crippen LogP contribution in [-0.2, 0) is 19.6 Å². The first kappa shape index (κ1) is 18.6. The van der Waals surface area contributed by atoms with Crippen LogP contribution in [0.5, 0.6) is 0 Å². The summed E-state index contributed by atoms with van der Waals surface area (Å²) in [6.45, 7) is 0. The van der Waals surface area contributed by atoms with E-state index in [2.05, 4.69) is 4.72 Å². The average Bonchev–Trinajstić information content (AvgIpc) is 2.59. The lowest BCUT2D eigenvalue weighted by Gasteiger charge is -2.14. The van der Waals surface area contributed by atoms with Gasteiger partial charge in [-0.05, 0) is 29.7 Å². The summed E-state index contributed by atoms with van der Waals surface area (Å²) in [7, 11) is -4.03. The second-order valence-corrected chi connectivity index (χ2v) is 7.12. The van der Waals surface area contributed by atoms with Crippen molar-refractivity contribution in [1.82, 2.24) is 4.72 Å². The van der Waals surface area contributed by atoms with Crippen LogP contribution in [0.25, 0.3) is 11.1 Å². The van der Waals surface area contributed by atoms with Crippen LogP contribution in [-0.4, -0.2) is 31.4 Å². The molecule has 0 saturated carbocycles. The third-order valence-corrected chi connectivity index (χ3v) is 5.03.